The van der Waals surface area contributed by atoms with Crippen LogP contribution in [0.4, 0.5) is 5.82 Å². The molecule has 0 aliphatic rings. The Bertz CT molecular complexity index is 543. The van der Waals surface area contributed by atoms with Crippen LogP contribution in [0.15, 0.2) is 29.8 Å². The summed E-state index contributed by atoms with van der Waals surface area (Å²) in [6.07, 6.45) is 3.29. The Hall–Kier alpha value is -1.95. The van der Waals surface area contributed by atoms with Gasteiger partial charge in [0.2, 0.25) is 0 Å². The second-order valence-corrected chi connectivity index (χ2v) is 5.08. The average molecular weight is 277 g/mol. The molecule has 0 aliphatic carbocycles. The number of thiophene rings is 1. The zero-order chi connectivity index (χ0) is 13.7. The standard InChI is InChI=1S/C13H15N3O2S/c1-2-4-10(11-5-3-8-19-11)15-12-9(13(17)18)6-7-14-16-12/h3,5-8,10H,2,4H2,1H3,(H,15,16)(H,17,18). The molecule has 1 unspecified atom stereocenters. The highest BCUT2D eigenvalue weighted by molar-refractivity contribution is 7.10. The first-order valence-electron chi connectivity index (χ1n) is 6.07. The summed E-state index contributed by atoms with van der Waals surface area (Å²) in [4.78, 5) is 12.3. The van der Waals surface area contributed by atoms with Gasteiger partial charge in [-0.3, -0.25) is 0 Å². The minimum atomic E-state index is -1.00. The smallest absolute Gasteiger partial charge is 0.339 e. The van der Waals surface area contributed by atoms with Gasteiger partial charge in [-0.05, 0) is 23.9 Å². The second kappa shape index (κ2) is 6.29. The van der Waals surface area contributed by atoms with Crippen LogP contribution in [-0.4, -0.2) is 21.3 Å². The summed E-state index contributed by atoms with van der Waals surface area (Å²) in [7, 11) is 0. The number of carboxylic acid groups (broad SMARTS) is 1. The molecule has 0 saturated carbocycles. The summed E-state index contributed by atoms with van der Waals surface area (Å²) in [5.41, 5.74) is 0.146. The molecule has 0 spiro atoms. The molecule has 0 bridgehead atoms. The summed E-state index contributed by atoms with van der Waals surface area (Å²) in [6, 6.07) is 5.54. The van der Waals surface area contributed by atoms with Crippen molar-refractivity contribution in [2.24, 2.45) is 0 Å². The maximum absolute atomic E-state index is 11.1. The first kappa shape index (κ1) is 13.5. The number of rotatable bonds is 6. The summed E-state index contributed by atoms with van der Waals surface area (Å²) < 4.78 is 0. The topological polar surface area (TPSA) is 75.1 Å². The lowest BCUT2D eigenvalue weighted by Crippen LogP contribution is -2.14. The van der Waals surface area contributed by atoms with E-state index in [1.54, 1.807) is 11.3 Å². The van der Waals surface area contributed by atoms with Crippen LogP contribution >= 0.6 is 11.3 Å². The van der Waals surface area contributed by atoms with Crippen molar-refractivity contribution >= 4 is 23.1 Å². The Kier molecular flexibility index (Phi) is 4.46. The normalized spacial score (nSPS) is 12.1. The van der Waals surface area contributed by atoms with Crippen LogP contribution < -0.4 is 5.32 Å². The minimum Gasteiger partial charge on any atom is -0.478 e. The van der Waals surface area contributed by atoms with Gasteiger partial charge < -0.3 is 10.4 Å². The van der Waals surface area contributed by atoms with Crippen LogP contribution in [0.1, 0.15) is 41.0 Å². The third-order valence-corrected chi connectivity index (χ3v) is 3.71. The predicted octanol–water partition coefficient (Wildman–Crippen LogP) is 3.19. The third-order valence-electron chi connectivity index (χ3n) is 2.73. The van der Waals surface area contributed by atoms with Crippen molar-refractivity contribution < 1.29 is 9.90 Å². The molecule has 2 rings (SSSR count). The van der Waals surface area contributed by atoms with Gasteiger partial charge in [0, 0.05) is 4.88 Å². The fourth-order valence-electron chi connectivity index (χ4n) is 1.84. The van der Waals surface area contributed by atoms with E-state index < -0.39 is 5.97 Å². The Balaban J connectivity index is 2.25. The van der Waals surface area contributed by atoms with Crippen molar-refractivity contribution in [2.45, 2.75) is 25.8 Å². The zero-order valence-corrected chi connectivity index (χ0v) is 11.4. The fraction of sp³-hybridized carbons (Fsp3) is 0.308. The number of hydrogen-bond donors (Lipinski definition) is 2. The third kappa shape index (κ3) is 3.29. The molecular weight excluding hydrogens is 262 g/mol. The molecule has 100 valence electrons. The van der Waals surface area contributed by atoms with E-state index in [1.165, 1.54) is 17.1 Å². The SMILES string of the molecule is CCCC(Nc1nnccc1C(=O)O)c1cccs1. The number of carbonyl (C=O) groups is 1. The quantitative estimate of drug-likeness (QED) is 0.848. The fourth-order valence-corrected chi connectivity index (χ4v) is 2.65. The molecule has 0 fully saturated rings. The van der Waals surface area contributed by atoms with Crippen molar-refractivity contribution in [3.8, 4) is 0 Å². The van der Waals surface area contributed by atoms with Gasteiger partial charge in [0.05, 0.1) is 12.2 Å². The number of nitrogens with zero attached hydrogens (tertiary/aromatic N) is 2. The van der Waals surface area contributed by atoms with Crippen LogP contribution in [0.5, 0.6) is 0 Å². The largest absolute Gasteiger partial charge is 0.478 e. The zero-order valence-electron chi connectivity index (χ0n) is 10.5. The summed E-state index contributed by atoms with van der Waals surface area (Å²) in [6.45, 7) is 2.09. The van der Waals surface area contributed by atoms with Crippen LogP contribution in [0, 0.1) is 0 Å². The summed E-state index contributed by atoms with van der Waals surface area (Å²) in [5, 5.41) is 22.0. The van der Waals surface area contributed by atoms with E-state index in [0.29, 0.717) is 5.82 Å². The number of carboxylic acids is 1. The molecule has 0 saturated heterocycles. The number of nitrogens with one attached hydrogen (secondary N) is 1. The van der Waals surface area contributed by atoms with E-state index in [2.05, 4.69) is 22.4 Å². The molecule has 2 heterocycles. The number of aromatic carboxylic acids is 1. The maximum atomic E-state index is 11.1. The number of anilines is 1. The van der Waals surface area contributed by atoms with Crippen LogP contribution in [0.3, 0.4) is 0 Å². The second-order valence-electron chi connectivity index (χ2n) is 4.10. The van der Waals surface area contributed by atoms with Crippen molar-refractivity contribution in [1.82, 2.24) is 10.2 Å². The number of aromatic nitrogens is 2. The Morgan fingerprint density at radius 1 is 1.53 bits per heavy atom. The van der Waals surface area contributed by atoms with Crippen LogP contribution in [0.25, 0.3) is 0 Å². The van der Waals surface area contributed by atoms with E-state index in [0.717, 1.165) is 12.8 Å². The number of hydrogen-bond acceptors (Lipinski definition) is 5. The van der Waals surface area contributed by atoms with Gasteiger partial charge in [0.15, 0.2) is 5.82 Å². The highest BCUT2D eigenvalue weighted by Crippen LogP contribution is 2.27. The first-order valence-corrected chi connectivity index (χ1v) is 6.95. The van der Waals surface area contributed by atoms with E-state index in [1.807, 2.05) is 17.5 Å². The van der Waals surface area contributed by atoms with Gasteiger partial charge in [0.1, 0.15) is 5.56 Å². The van der Waals surface area contributed by atoms with Gasteiger partial charge in [-0.2, -0.15) is 5.10 Å². The highest BCUT2D eigenvalue weighted by atomic mass is 32.1. The van der Waals surface area contributed by atoms with E-state index in [9.17, 15) is 4.79 Å². The van der Waals surface area contributed by atoms with Gasteiger partial charge in [0.25, 0.3) is 0 Å². The molecular formula is C13H15N3O2S. The van der Waals surface area contributed by atoms with Gasteiger partial charge in [-0.25, -0.2) is 4.79 Å². The lowest BCUT2D eigenvalue weighted by molar-refractivity contribution is 0.0697. The minimum absolute atomic E-state index is 0.0693. The maximum Gasteiger partial charge on any atom is 0.339 e. The van der Waals surface area contributed by atoms with E-state index in [-0.39, 0.29) is 11.6 Å². The van der Waals surface area contributed by atoms with Crippen LogP contribution in [-0.2, 0) is 0 Å². The molecule has 2 aromatic heterocycles. The van der Waals surface area contributed by atoms with Gasteiger partial charge >= 0.3 is 5.97 Å². The Morgan fingerprint density at radius 2 is 2.37 bits per heavy atom. The molecule has 19 heavy (non-hydrogen) atoms. The average Bonchev–Trinajstić information content (AvgIpc) is 2.92. The predicted molar refractivity (Wildman–Crippen MR) is 74.6 cm³/mol. The molecule has 0 radical (unpaired) electrons. The molecule has 2 aromatic rings. The molecule has 2 N–H and O–H groups in total. The van der Waals surface area contributed by atoms with Crippen molar-refractivity contribution in [1.29, 1.82) is 0 Å². The molecule has 0 amide bonds. The highest BCUT2D eigenvalue weighted by Gasteiger charge is 2.17. The Morgan fingerprint density at radius 3 is 3.00 bits per heavy atom. The molecule has 1 atom stereocenters. The van der Waals surface area contributed by atoms with Crippen LogP contribution in [0.2, 0.25) is 0 Å². The molecule has 5 nitrogen and oxygen atoms in total. The monoisotopic (exact) mass is 277 g/mol. The first-order chi connectivity index (χ1) is 9.22. The molecule has 6 heteroatoms. The lowest BCUT2D eigenvalue weighted by Gasteiger charge is -2.17. The molecule has 0 aromatic carbocycles. The van der Waals surface area contributed by atoms with E-state index >= 15 is 0 Å². The molecule has 0 aliphatic heterocycles. The van der Waals surface area contributed by atoms with Crippen molar-refractivity contribution in [2.75, 3.05) is 5.32 Å². The van der Waals surface area contributed by atoms with Gasteiger partial charge in [-0.15, -0.1) is 16.4 Å². The van der Waals surface area contributed by atoms with Crippen molar-refractivity contribution in [3.63, 3.8) is 0 Å². The Labute approximate surface area is 115 Å². The summed E-state index contributed by atoms with van der Waals surface area (Å²) >= 11 is 1.65. The van der Waals surface area contributed by atoms with E-state index in [4.69, 9.17) is 5.11 Å². The van der Waals surface area contributed by atoms with Crippen molar-refractivity contribution in [3.05, 3.63) is 40.2 Å². The summed E-state index contributed by atoms with van der Waals surface area (Å²) in [5.74, 6) is -0.680. The van der Waals surface area contributed by atoms with Gasteiger partial charge in [-0.1, -0.05) is 19.4 Å². The lowest BCUT2D eigenvalue weighted by atomic mass is 10.1.